The molecule has 0 heterocycles. The van der Waals surface area contributed by atoms with E-state index in [2.05, 4.69) is 12.1 Å². The summed E-state index contributed by atoms with van der Waals surface area (Å²) in [6.45, 7) is 0.586. The molecule has 0 aromatic heterocycles. The van der Waals surface area contributed by atoms with Crippen LogP contribution in [0.5, 0.6) is 5.75 Å². The first-order valence-electron chi connectivity index (χ1n) is 8.53. The quantitative estimate of drug-likeness (QED) is 0.503. The van der Waals surface area contributed by atoms with Crippen LogP contribution in [0.25, 0.3) is 0 Å². The van der Waals surface area contributed by atoms with Crippen molar-refractivity contribution >= 4 is 5.91 Å². The van der Waals surface area contributed by atoms with Crippen LogP contribution in [0.15, 0.2) is 84.9 Å². The number of hydrogen-bond donors (Lipinski definition) is 2. The van der Waals surface area contributed by atoms with Crippen LogP contribution in [-0.4, -0.2) is 17.7 Å². The summed E-state index contributed by atoms with van der Waals surface area (Å²) in [5.41, 5.74) is 4.59. The molecule has 0 saturated carbocycles. The molecule has 0 bridgehead atoms. The first-order chi connectivity index (χ1) is 12.8. The van der Waals surface area contributed by atoms with Gasteiger partial charge in [0.2, 0.25) is 0 Å². The molecular formula is C22H21NO3. The van der Waals surface area contributed by atoms with Gasteiger partial charge in [0.05, 0.1) is 12.5 Å². The molecule has 1 unspecified atom stereocenters. The SMILES string of the molecule is O=C(NO)C(c1ccccc1)c1ccc(OCCc2ccccc2)cc1. The number of carbonyl (C=O) groups excluding carboxylic acids is 1. The van der Waals surface area contributed by atoms with Gasteiger partial charge in [-0.15, -0.1) is 0 Å². The summed E-state index contributed by atoms with van der Waals surface area (Å²) in [5, 5.41) is 9.08. The van der Waals surface area contributed by atoms with Crippen molar-refractivity contribution in [1.82, 2.24) is 5.48 Å². The Bertz CT molecular complexity index is 817. The maximum atomic E-state index is 12.1. The van der Waals surface area contributed by atoms with E-state index >= 15 is 0 Å². The Morgan fingerprint density at radius 3 is 2.04 bits per heavy atom. The topological polar surface area (TPSA) is 58.6 Å². The molecule has 132 valence electrons. The molecule has 2 N–H and O–H groups in total. The van der Waals surface area contributed by atoms with Gasteiger partial charge in [0.25, 0.3) is 5.91 Å². The van der Waals surface area contributed by atoms with Gasteiger partial charge in [0.1, 0.15) is 5.75 Å². The molecule has 0 fully saturated rings. The largest absolute Gasteiger partial charge is 0.493 e. The molecule has 0 spiro atoms. The lowest BCUT2D eigenvalue weighted by Gasteiger charge is -2.16. The molecule has 1 atom stereocenters. The molecule has 0 radical (unpaired) electrons. The van der Waals surface area contributed by atoms with Crippen molar-refractivity contribution in [1.29, 1.82) is 0 Å². The maximum Gasteiger partial charge on any atom is 0.255 e. The fourth-order valence-electron chi connectivity index (χ4n) is 2.89. The van der Waals surface area contributed by atoms with Gasteiger partial charge in [-0.25, -0.2) is 5.48 Å². The van der Waals surface area contributed by atoms with Gasteiger partial charge in [0.15, 0.2) is 0 Å². The minimum absolute atomic E-state index is 0.464. The van der Waals surface area contributed by atoms with Crippen LogP contribution in [0, 0.1) is 0 Å². The van der Waals surface area contributed by atoms with E-state index in [-0.39, 0.29) is 0 Å². The normalized spacial score (nSPS) is 11.6. The lowest BCUT2D eigenvalue weighted by atomic mass is 9.91. The molecule has 4 nitrogen and oxygen atoms in total. The fourth-order valence-corrected chi connectivity index (χ4v) is 2.89. The van der Waals surface area contributed by atoms with Gasteiger partial charge in [-0.1, -0.05) is 72.8 Å². The third kappa shape index (κ3) is 4.49. The summed E-state index contributed by atoms with van der Waals surface area (Å²) in [5.74, 6) is -0.283. The molecule has 3 rings (SSSR count). The van der Waals surface area contributed by atoms with E-state index in [1.54, 1.807) is 5.48 Å². The molecule has 0 saturated heterocycles. The zero-order valence-corrected chi connectivity index (χ0v) is 14.3. The zero-order chi connectivity index (χ0) is 18.2. The summed E-state index contributed by atoms with van der Waals surface area (Å²) >= 11 is 0. The Labute approximate surface area is 153 Å². The van der Waals surface area contributed by atoms with Crippen molar-refractivity contribution in [3.8, 4) is 5.75 Å². The van der Waals surface area contributed by atoms with E-state index in [1.807, 2.05) is 72.8 Å². The lowest BCUT2D eigenvalue weighted by molar-refractivity contribution is -0.129. The molecule has 26 heavy (non-hydrogen) atoms. The second kappa shape index (κ2) is 8.83. The summed E-state index contributed by atoms with van der Waals surface area (Å²) in [4.78, 5) is 12.1. The van der Waals surface area contributed by atoms with Crippen LogP contribution in [0.2, 0.25) is 0 Å². The van der Waals surface area contributed by atoms with Crippen molar-refractivity contribution in [2.24, 2.45) is 0 Å². The minimum atomic E-state index is -0.570. The van der Waals surface area contributed by atoms with E-state index in [9.17, 15) is 4.79 Å². The first kappa shape index (κ1) is 17.7. The Hall–Kier alpha value is -3.11. The lowest BCUT2D eigenvalue weighted by Crippen LogP contribution is -2.27. The van der Waals surface area contributed by atoms with Gasteiger partial charge in [-0.2, -0.15) is 0 Å². The summed E-state index contributed by atoms with van der Waals surface area (Å²) in [7, 11) is 0. The standard InChI is InChI=1S/C22H21NO3/c24-22(23-25)21(18-9-5-2-6-10-18)19-11-13-20(14-12-19)26-16-15-17-7-3-1-4-8-17/h1-14,21,25H,15-16H2,(H,23,24). The van der Waals surface area contributed by atoms with Crippen LogP contribution >= 0.6 is 0 Å². The molecule has 4 heteroatoms. The number of carbonyl (C=O) groups is 1. The molecule has 0 aliphatic rings. The minimum Gasteiger partial charge on any atom is -0.493 e. The maximum absolute atomic E-state index is 12.1. The number of rotatable bonds is 7. The number of amides is 1. The predicted octanol–water partition coefficient (Wildman–Crippen LogP) is 3.95. The number of nitrogens with one attached hydrogen (secondary N) is 1. The first-order valence-corrected chi connectivity index (χ1v) is 8.53. The van der Waals surface area contributed by atoms with E-state index in [0.29, 0.717) is 6.61 Å². The molecule has 3 aromatic rings. The number of hydroxylamine groups is 1. The summed E-state index contributed by atoms with van der Waals surface area (Å²) < 4.78 is 5.79. The Morgan fingerprint density at radius 1 is 0.846 bits per heavy atom. The van der Waals surface area contributed by atoms with Crippen LogP contribution in [0.1, 0.15) is 22.6 Å². The van der Waals surface area contributed by atoms with E-state index in [1.165, 1.54) is 5.56 Å². The van der Waals surface area contributed by atoms with Crippen molar-refractivity contribution in [2.75, 3.05) is 6.61 Å². The van der Waals surface area contributed by atoms with Gasteiger partial charge >= 0.3 is 0 Å². The van der Waals surface area contributed by atoms with Crippen molar-refractivity contribution in [3.63, 3.8) is 0 Å². The van der Waals surface area contributed by atoms with Gasteiger partial charge in [-0.3, -0.25) is 10.0 Å². The van der Waals surface area contributed by atoms with E-state index < -0.39 is 11.8 Å². The van der Waals surface area contributed by atoms with Gasteiger partial charge in [0, 0.05) is 6.42 Å². The number of ether oxygens (including phenoxy) is 1. The highest BCUT2D eigenvalue weighted by Gasteiger charge is 2.22. The molecule has 1 amide bonds. The number of hydrogen-bond acceptors (Lipinski definition) is 3. The molecule has 3 aromatic carbocycles. The Morgan fingerprint density at radius 2 is 1.42 bits per heavy atom. The van der Waals surface area contributed by atoms with Crippen molar-refractivity contribution in [3.05, 3.63) is 102 Å². The summed E-state index contributed by atoms with van der Waals surface area (Å²) in [6, 6.07) is 26.9. The average Bonchev–Trinajstić information content (AvgIpc) is 2.71. The van der Waals surface area contributed by atoms with E-state index in [4.69, 9.17) is 9.94 Å². The highest BCUT2D eigenvalue weighted by molar-refractivity contribution is 5.86. The fraction of sp³-hybridized carbons (Fsp3) is 0.136. The van der Waals surface area contributed by atoms with Crippen LogP contribution < -0.4 is 10.2 Å². The van der Waals surface area contributed by atoms with Crippen LogP contribution in [0.4, 0.5) is 0 Å². The van der Waals surface area contributed by atoms with Crippen LogP contribution in [-0.2, 0) is 11.2 Å². The van der Waals surface area contributed by atoms with Crippen molar-refractivity contribution < 1.29 is 14.7 Å². The Kier molecular flexibility index (Phi) is 6.01. The smallest absolute Gasteiger partial charge is 0.255 e. The highest BCUT2D eigenvalue weighted by atomic mass is 16.5. The predicted molar refractivity (Wildman–Crippen MR) is 100 cm³/mol. The second-order valence-electron chi connectivity index (χ2n) is 5.97. The monoisotopic (exact) mass is 347 g/mol. The molecule has 0 aliphatic carbocycles. The van der Waals surface area contributed by atoms with Crippen LogP contribution in [0.3, 0.4) is 0 Å². The van der Waals surface area contributed by atoms with Gasteiger partial charge in [-0.05, 0) is 28.8 Å². The summed E-state index contributed by atoms with van der Waals surface area (Å²) in [6.07, 6.45) is 0.835. The Balaban J connectivity index is 1.68. The molecule has 0 aliphatic heterocycles. The van der Waals surface area contributed by atoms with Crippen molar-refractivity contribution in [2.45, 2.75) is 12.3 Å². The second-order valence-corrected chi connectivity index (χ2v) is 5.97. The number of benzene rings is 3. The third-order valence-corrected chi connectivity index (χ3v) is 4.22. The third-order valence-electron chi connectivity index (χ3n) is 4.22. The molecular weight excluding hydrogens is 326 g/mol. The highest BCUT2D eigenvalue weighted by Crippen LogP contribution is 2.26. The average molecular weight is 347 g/mol. The zero-order valence-electron chi connectivity index (χ0n) is 14.3. The van der Waals surface area contributed by atoms with E-state index in [0.717, 1.165) is 23.3 Å². The van der Waals surface area contributed by atoms with Gasteiger partial charge < -0.3 is 4.74 Å².